The molecule has 1 saturated carbocycles. The van der Waals surface area contributed by atoms with E-state index in [0.29, 0.717) is 6.54 Å². The minimum Gasteiger partial charge on any atom is -0.480 e. The van der Waals surface area contributed by atoms with E-state index in [-0.39, 0.29) is 23.9 Å². The lowest BCUT2D eigenvalue weighted by Gasteiger charge is -2.27. The van der Waals surface area contributed by atoms with Gasteiger partial charge in [0.15, 0.2) is 0 Å². The van der Waals surface area contributed by atoms with Crippen molar-refractivity contribution in [1.29, 1.82) is 0 Å². The summed E-state index contributed by atoms with van der Waals surface area (Å²) in [5.41, 5.74) is -0.251. The van der Waals surface area contributed by atoms with Crippen LogP contribution in [0.15, 0.2) is 0 Å². The first kappa shape index (κ1) is 15.3. The van der Waals surface area contributed by atoms with Gasteiger partial charge in [0.1, 0.15) is 0 Å². The summed E-state index contributed by atoms with van der Waals surface area (Å²) < 4.78 is 0. The van der Waals surface area contributed by atoms with E-state index >= 15 is 0 Å². The van der Waals surface area contributed by atoms with Gasteiger partial charge in [-0.25, -0.2) is 0 Å². The van der Waals surface area contributed by atoms with E-state index < -0.39 is 5.97 Å². The van der Waals surface area contributed by atoms with Gasteiger partial charge < -0.3 is 10.0 Å². The van der Waals surface area contributed by atoms with Gasteiger partial charge in [0, 0.05) is 24.5 Å². The monoisotopic (exact) mass is 282 g/mol. The number of aliphatic carboxylic acids is 1. The zero-order valence-corrected chi connectivity index (χ0v) is 12.4. The van der Waals surface area contributed by atoms with Crippen LogP contribution < -0.4 is 5.32 Å². The second-order valence-electron chi connectivity index (χ2n) is 6.51. The summed E-state index contributed by atoms with van der Waals surface area (Å²) in [4.78, 5) is 25.2. The normalized spacial score (nSPS) is 28.4. The van der Waals surface area contributed by atoms with E-state index in [9.17, 15) is 9.59 Å². The molecule has 2 fully saturated rings. The average Bonchev–Trinajstić information content (AvgIpc) is 2.64. The smallest absolute Gasteiger partial charge is 0.317 e. The molecule has 5 heteroatoms. The molecule has 1 aliphatic carbocycles. The molecule has 2 rings (SSSR count). The second kappa shape index (κ2) is 6.57. The maximum absolute atomic E-state index is 12.6. The van der Waals surface area contributed by atoms with Gasteiger partial charge in [-0.3, -0.25) is 14.9 Å². The van der Waals surface area contributed by atoms with E-state index in [4.69, 9.17) is 5.11 Å². The number of nitrogens with zero attached hydrogens (tertiary/aromatic N) is 1. The van der Waals surface area contributed by atoms with Gasteiger partial charge in [-0.1, -0.05) is 25.7 Å². The molecular weight excluding hydrogens is 256 g/mol. The first-order valence-electron chi connectivity index (χ1n) is 7.76. The van der Waals surface area contributed by atoms with Crippen LogP contribution in [0.3, 0.4) is 0 Å². The first-order valence-corrected chi connectivity index (χ1v) is 7.76. The largest absolute Gasteiger partial charge is 0.480 e. The Morgan fingerprint density at radius 1 is 1.25 bits per heavy atom. The van der Waals surface area contributed by atoms with Gasteiger partial charge in [-0.05, 0) is 26.2 Å². The highest BCUT2D eigenvalue weighted by molar-refractivity contribution is 5.79. The van der Waals surface area contributed by atoms with Crippen LogP contribution in [0.2, 0.25) is 0 Å². The number of amides is 1. The number of carboxylic acids is 1. The number of hydrogen-bond donors (Lipinski definition) is 2. The molecule has 2 N–H and O–H groups in total. The molecule has 1 heterocycles. The van der Waals surface area contributed by atoms with Crippen LogP contribution in [0.5, 0.6) is 0 Å². The lowest BCUT2D eigenvalue weighted by Crippen LogP contribution is -2.48. The highest BCUT2D eigenvalue weighted by Gasteiger charge is 2.37. The highest BCUT2D eigenvalue weighted by Crippen LogP contribution is 2.28. The van der Waals surface area contributed by atoms with Gasteiger partial charge in [0.25, 0.3) is 0 Å². The summed E-state index contributed by atoms with van der Waals surface area (Å²) in [5, 5.41) is 11.8. The van der Waals surface area contributed by atoms with E-state index in [1.165, 1.54) is 25.7 Å². The molecule has 1 saturated heterocycles. The van der Waals surface area contributed by atoms with E-state index in [1.807, 2.05) is 11.8 Å². The Labute approximate surface area is 120 Å². The van der Waals surface area contributed by atoms with Crippen molar-refractivity contribution in [3.05, 3.63) is 0 Å². The molecule has 0 spiro atoms. The SMILES string of the molecule is CC1(NCC(=O)O)CCN(C(=O)C2CCCCCC2)C1. The third-order valence-electron chi connectivity index (χ3n) is 4.66. The molecule has 2 aliphatic rings. The van der Waals surface area contributed by atoms with Crippen molar-refractivity contribution in [2.45, 2.75) is 57.4 Å². The number of likely N-dealkylation sites (tertiary alicyclic amines) is 1. The van der Waals surface area contributed by atoms with Crippen molar-refractivity contribution in [2.24, 2.45) is 5.92 Å². The number of carboxylic acid groups (broad SMARTS) is 1. The Hall–Kier alpha value is -1.10. The van der Waals surface area contributed by atoms with Gasteiger partial charge >= 0.3 is 5.97 Å². The summed E-state index contributed by atoms with van der Waals surface area (Å²) >= 11 is 0. The number of nitrogens with one attached hydrogen (secondary N) is 1. The number of carbonyl (C=O) groups excluding carboxylic acids is 1. The Bertz CT molecular complexity index is 364. The first-order chi connectivity index (χ1) is 9.50. The van der Waals surface area contributed by atoms with Crippen LogP contribution in [0, 0.1) is 5.92 Å². The quantitative estimate of drug-likeness (QED) is 0.769. The van der Waals surface area contributed by atoms with Crippen LogP contribution in [-0.2, 0) is 9.59 Å². The fourth-order valence-electron chi connectivity index (χ4n) is 3.37. The third kappa shape index (κ3) is 3.95. The molecule has 0 aromatic rings. The Kier molecular flexibility index (Phi) is 5.02. The van der Waals surface area contributed by atoms with Crippen molar-refractivity contribution in [2.75, 3.05) is 19.6 Å². The summed E-state index contributed by atoms with van der Waals surface area (Å²) in [6.07, 6.45) is 7.71. The van der Waals surface area contributed by atoms with Crippen molar-refractivity contribution >= 4 is 11.9 Å². The van der Waals surface area contributed by atoms with Crippen LogP contribution in [0.25, 0.3) is 0 Å². The third-order valence-corrected chi connectivity index (χ3v) is 4.66. The fraction of sp³-hybridized carbons (Fsp3) is 0.867. The predicted molar refractivity (Wildman–Crippen MR) is 76.4 cm³/mol. The fourth-order valence-corrected chi connectivity index (χ4v) is 3.37. The van der Waals surface area contributed by atoms with E-state index in [0.717, 1.165) is 25.8 Å². The summed E-state index contributed by atoms with van der Waals surface area (Å²) in [5.74, 6) is -0.369. The number of carbonyl (C=O) groups is 2. The summed E-state index contributed by atoms with van der Waals surface area (Å²) in [6.45, 7) is 3.35. The average molecular weight is 282 g/mol. The Balaban J connectivity index is 1.87. The lowest BCUT2D eigenvalue weighted by molar-refractivity contribution is -0.136. The molecular formula is C15H26N2O3. The zero-order chi connectivity index (χ0) is 14.6. The molecule has 0 radical (unpaired) electrons. The molecule has 1 amide bonds. The maximum Gasteiger partial charge on any atom is 0.317 e. The topological polar surface area (TPSA) is 69.6 Å². The van der Waals surface area contributed by atoms with Crippen LogP contribution >= 0.6 is 0 Å². The van der Waals surface area contributed by atoms with Crippen LogP contribution in [0.1, 0.15) is 51.9 Å². The van der Waals surface area contributed by atoms with Crippen molar-refractivity contribution in [1.82, 2.24) is 10.2 Å². The molecule has 0 aromatic heterocycles. The number of rotatable bonds is 4. The van der Waals surface area contributed by atoms with Gasteiger partial charge in [-0.15, -0.1) is 0 Å². The molecule has 20 heavy (non-hydrogen) atoms. The molecule has 0 aromatic carbocycles. The predicted octanol–water partition coefficient (Wildman–Crippen LogP) is 1.62. The summed E-state index contributed by atoms with van der Waals surface area (Å²) in [7, 11) is 0. The van der Waals surface area contributed by atoms with Gasteiger partial charge in [0.2, 0.25) is 5.91 Å². The molecule has 0 bridgehead atoms. The standard InChI is InChI=1S/C15H26N2O3/c1-15(16-10-13(18)19)8-9-17(11-15)14(20)12-6-4-2-3-5-7-12/h12,16H,2-11H2,1H3,(H,18,19). The minimum atomic E-state index is -0.847. The Morgan fingerprint density at radius 2 is 1.90 bits per heavy atom. The van der Waals surface area contributed by atoms with Gasteiger partial charge in [0.05, 0.1) is 6.54 Å². The van der Waals surface area contributed by atoms with E-state index in [2.05, 4.69) is 5.32 Å². The zero-order valence-electron chi connectivity index (χ0n) is 12.4. The number of hydrogen-bond acceptors (Lipinski definition) is 3. The highest BCUT2D eigenvalue weighted by atomic mass is 16.4. The molecule has 1 aliphatic heterocycles. The Morgan fingerprint density at radius 3 is 2.50 bits per heavy atom. The maximum atomic E-state index is 12.6. The molecule has 1 unspecified atom stereocenters. The molecule has 5 nitrogen and oxygen atoms in total. The van der Waals surface area contributed by atoms with Gasteiger partial charge in [-0.2, -0.15) is 0 Å². The van der Waals surface area contributed by atoms with E-state index in [1.54, 1.807) is 0 Å². The van der Waals surface area contributed by atoms with Crippen molar-refractivity contribution < 1.29 is 14.7 Å². The second-order valence-corrected chi connectivity index (χ2v) is 6.51. The lowest BCUT2D eigenvalue weighted by atomic mass is 9.98. The minimum absolute atomic E-state index is 0.0397. The summed E-state index contributed by atoms with van der Waals surface area (Å²) in [6, 6.07) is 0. The van der Waals surface area contributed by atoms with Crippen molar-refractivity contribution in [3.8, 4) is 0 Å². The van der Waals surface area contributed by atoms with Crippen LogP contribution in [-0.4, -0.2) is 47.1 Å². The van der Waals surface area contributed by atoms with Crippen molar-refractivity contribution in [3.63, 3.8) is 0 Å². The molecule has 1 atom stereocenters. The molecule has 114 valence electrons. The van der Waals surface area contributed by atoms with Crippen LogP contribution in [0.4, 0.5) is 0 Å².